The van der Waals surface area contributed by atoms with Crippen LogP contribution in [0, 0.1) is 0 Å². The van der Waals surface area contributed by atoms with Crippen LogP contribution in [0.4, 0.5) is 5.82 Å². The van der Waals surface area contributed by atoms with Crippen molar-refractivity contribution in [1.82, 2.24) is 19.4 Å². The van der Waals surface area contributed by atoms with Gasteiger partial charge in [-0.05, 0) is 72.8 Å². The number of hydrogen-bond acceptors (Lipinski definition) is 4. The van der Waals surface area contributed by atoms with Gasteiger partial charge in [0, 0.05) is 31.9 Å². The minimum absolute atomic E-state index is 0.327. The Morgan fingerprint density at radius 3 is 2.45 bits per heavy atom. The molecular formula is C27H30ClN5. The highest BCUT2D eigenvalue weighted by Gasteiger charge is 2.27. The van der Waals surface area contributed by atoms with E-state index in [1.165, 1.54) is 61.5 Å². The van der Waals surface area contributed by atoms with Crippen LogP contribution >= 0.6 is 11.6 Å². The van der Waals surface area contributed by atoms with Gasteiger partial charge in [-0.1, -0.05) is 48.9 Å². The third kappa shape index (κ3) is 4.09. The molecule has 5 nitrogen and oxygen atoms in total. The van der Waals surface area contributed by atoms with Crippen molar-refractivity contribution in [3.05, 3.63) is 65.6 Å². The van der Waals surface area contributed by atoms with Crippen LogP contribution in [-0.2, 0) is 6.54 Å². The number of fused-ring (bicyclic) bond motifs is 2. The molecule has 0 amide bonds. The first-order valence-corrected chi connectivity index (χ1v) is 12.6. The summed E-state index contributed by atoms with van der Waals surface area (Å²) in [5, 5.41) is 3.96. The molecule has 0 radical (unpaired) electrons. The average Bonchev–Trinajstić information content (AvgIpc) is 3.27. The SMILES string of the molecule is Clc1nc(N2CCC(N3CCCCC3)CC2)c2ccn(Cc3cccc4ccccc34)c2n1. The zero-order valence-electron chi connectivity index (χ0n) is 19.0. The van der Waals surface area contributed by atoms with Crippen LogP contribution in [-0.4, -0.2) is 51.7 Å². The maximum absolute atomic E-state index is 6.45. The fourth-order valence-corrected chi connectivity index (χ4v) is 5.89. The zero-order valence-corrected chi connectivity index (χ0v) is 19.7. The van der Waals surface area contributed by atoms with E-state index in [9.17, 15) is 0 Å². The minimum atomic E-state index is 0.327. The summed E-state index contributed by atoms with van der Waals surface area (Å²) in [7, 11) is 0. The summed E-state index contributed by atoms with van der Waals surface area (Å²) in [6.45, 7) is 5.35. The summed E-state index contributed by atoms with van der Waals surface area (Å²) in [4.78, 5) is 14.5. The first-order chi connectivity index (χ1) is 16.3. The van der Waals surface area contributed by atoms with Crippen LogP contribution in [0.5, 0.6) is 0 Å². The van der Waals surface area contributed by atoms with E-state index < -0.39 is 0 Å². The summed E-state index contributed by atoms with van der Waals surface area (Å²) in [5.74, 6) is 0.985. The van der Waals surface area contributed by atoms with Gasteiger partial charge >= 0.3 is 0 Å². The fourth-order valence-electron chi connectivity index (χ4n) is 5.73. The number of anilines is 1. The van der Waals surface area contributed by atoms with Gasteiger partial charge in [0.1, 0.15) is 11.5 Å². The predicted molar refractivity (Wildman–Crippen MR) is 136 cm³/mol. The first kappa shape index (κ1) is 20.9. The molecule has 170 valence electrons. The Labute approximate surface area is 200 Å². The Hall–Kier alpha value is -2.63. The number of nitrogens with zero attached hydrogens (tertiary/aromatic N) is 5. The third-order valence-electron chi connectivity index (χ3n) is 7.46. The number of likely N-dealkylation sites (tertiary alicyclic amines) is 1. The topological polar surface area (TPSA) is 37.2 Å². The molecule has 33 heavy (non-hydrogen) atoms. The lowest BCUT2D eigenvalue weighted by atomic mass is 10.00. The summed E-state index contributed by atoms with van der Waals surface area (Å²) < 4.78 is 2.20. The number of piperidine rings is 2. The van der Waals surface area contributed by atoms with Gasteiger partial charge in [-0.3, -0.25) is 0 Å². The summed E-state index contributed by atoms with van der Waals surface area (Å²) in [5.41, 5.74) is 2.19. The standard InChI is InChI=1S/C27H30ClN5/c28-27-29-25(32-16-11-22(12-17-32)31-14-4-1-5-15-31)24-13-18-33(26(24)30-27)19-21-9-6-8-20-7-2-3-10-23(20)21/h2-3,6-10,13,18,22H,1,4-5,11-12,14-17,19H2. The van der Waals surface area contributed by atoms with E-state index in [2.05, 4.69) is 79.1 Å². The van der Waals surface area contributed by atoms with Gasteiger partial charge in [0.2, 0.25) is 5.28 Å². The molecule has 2 aromatic heterocycles. The monoisotopic (exact) mass is 459 g/mol. The molecule has 2 aliphatic rings. The molecular weight excluding hydrogens is 430 g/mol. The van der Waals surface area contributed by atoms with Crippen molar-refractivity contribution < 1.29 is 0 Å². The molecule has 4 heterocycles. The molecule has 0 saturated carbocycles. The van der Waals surface area contributed by atoms with E-state index in [-0.39, 0.29) is 0 Å². The number of benzene rings is 2. The predicted octanol–water partition coefficient (Wildman–Crippen LogP) is 5.74. The van der Waals surface area contributed by atoms with Crippen molar-refractivity contribution in [2.24, 2.45) is 0 Å². The van der Waals surface area contributed by atoms with Gasteiger partial charge in [-0.15, -0.1) is 0 Å². The highest BCUT2D eigenvalue weighted by molar-refractivity contribution is 6.28. The molecule has 0 unspecified atom stereocenters. The highest BCUT2D eigenvalue weighted by Crippen LogP contribution is 2.31. The normalized spacial score (nSPS) is 18.4. The average molecular weight is 460 g/mol. The quantitative estimate of drug-likeness (QED) is 0.364. The second-order valence-corrected chi connectivity index (χ2v) is 9.79. The van der Waals surface area contributed by atoms with Crippen LogP contribution in [0.2, 0.25) is 5.28 Å². The number of hydrogen-bond donors (Lipinski definition) is 0. The highest BCUT2D eigenvalue weighted by atomic mass is 35.5. The Kier molecular flexibility index (Phi) is 5.68. The van der Waals surface area contributed by atoms with E-state index in [4.69, 9.17) is 11.6 Å². The molecule has 6 heteroatoms. The Balaban J connectivity index is 1.27. The molecule has 6 rings (SSSR count). The summed E-state index contributed by atoms with van der Waals surface area (Å²) in [6, 6.07) is 17.9. The second-order valence-electron chi connectivity index (χ2n) is 9.45. The number of halogens is 1. The van der Waals surface area contributed by atoms with Gasteiger partial charge in [0.05, 0.1) is 5.39 Å². The minimum Gasteiger partial charge on any atom is -0.356 e. The molecule has 0 aliphatic carbocycles. The van der Waals surface area contributed by atoms with Crippen LogP contribution in [0.3, 0.4) is 0 Å². The van der Waals surface area contributed by atoms with Crippen molar-refractivity contribution in [2.45, 2.75) is 44.7 Å². The molecule has 2 saturated heterocycles. The molecule has 2 aromatic carbocycles. The largest absolute Gasteiger partial charge is 0.356 e. The van der Waals surface area contributed by atoms with Gasteiger partial charge < -0.3 is 14.4 Å². The lowest BCUT2D eigenvalue weighted by molar-refractivity contribution is 0.141. The van der Waals surface area contributed by atoms with Crippen LogP contribution in [0.15, 0.2) is 54.7 Å². The van der Waals surface area contributed by atoms with E-state index in [0.717, 1.165) is 36.5 Å². The molecule has 2 fully saturated rings. The third-order valence-corrected chi connectivity index (χ3v) is 7.63. The van der Waals surface area contributed by atoms with Gasteiger partial charge in [0.15, 0.2) is 0 Å². The fraction of sp³-hybridized carbons (Fsp3) is 0.407. The van der Waals surface area contributed by atoms with Crippen molar-refractivity contribution in [2.75, 3.05) is 31.1 Å². The molecule has 4 aromatic rings. The van der Waals surface area contributed by atoms with Gasteiger partial charge in [0.25, 0.3) is 0 Å². The lowest BCUT2D eigenvalue weighted by Crippen LogP contribution is -2.47. The van der Waals surface area contributed by atoms with Crippen molar-refractivity contribution in [3.8, 4) is 0 Å². The second kappa shape index (κ2) is 8.96. The summed E-state index contributed by atoms with van der Waals surface area (Å²) in [6.07, 6.45) is 8.61. The van der Waals surface area contributed by atoms with E-state index >= 15 is 0 Å². The van der Waals surface area contributed by atoms with Crippen LogP contribution in [0.1, 0.15) is 37.7 Å². The van der Waals surface area contributed by atoms with Gasteiger partial charge in [-0.2, -0.15) is 9.97 Å². The maximum atomic E-state index is 6.45. The lowest BCUT2D eigenvalue weighted by Gasteiger charge is -2.40. The van der Waals surface area contributed by atoms with Gasteiger partial charge in [-0.25, -0.2) is 0 Å². The smallest absolute Gasteiger partial charge is 0.226 e. The van der Waals surface area contributed by atoms with Crippen molar-refractivity contribution in [3.63, 3.8) is 0 Å². The Morgan fingerprint density at radius 2 is 1.61 bits per heavy atom. The number of aromatic nitrogens is 3. The Bertz CT molecular complexity index is 1260. The van der Waals surface area contributed by atoms with E-state index in [1.807, 2.05) is 0 Å². The van der Waals surface area contributed by atoms with Crippen molar-refractivity contribution >= 4 is 39.2 Å². The molecule has 0 spiro atoms. The first-order valence-electron chi connectivity index (χ1n) is 12.2. The Morgan fingerprint density at radius 1 is 0.818 bits per heavy atom. The molecule has 2 aliphatic heterocycles. The molecule has 0 N–H and O–H groups in total. The zero-order chi connectivity index (χ0) is 22.2. The van der Waals surface area contributed by atoms with Crippen LogP contribution in [0.25, 0.3) is 21.8 Å². The maximum Gasteiger partial charge on any atom is 0.226 e. The molecule has 0 bridgehead atoms. The van der Waals surface area contributed by atoms with E-state index in [1.54, 1.807) is 0 Å². The summed E-state index contributed by atoms with van der Waals surface area (Å²) >= 11 is 6.45. The van der Waals surface area contributed by atoms with E-state index in [0.29, 0.717) is 11.3 Å². The van der Waals surface area contributed by atoms with Crippen molar-refractivity contribution in [1.29, 1.82) is 0 Å². The van der Waals surface area contributed by atoms with Crippen LogP contribution < -0.4 is 4.90 Å². The molecule has 0 atom stereocenters. The number of rotatable bonds is 4.